The van der Waals surface area contributed by atoms with Crippen LogP contribution in [-0.4, -0.2) is 35.2 Å². The van der Waals surface area contributed by atoms with E-state index in [0.717, 1.165) is 16.6 Å². The Bertz CT molecular complexity index is 606. The predicted octanol–water partition coefficient (Wildman–Crippen LogP) is 2.60. The van der Waals surface area contributed by atoms with Crippen molar-refractivity contribution in [2.45, 2.75) is 32.0 Å². The quantitative estimate of drug-likeness (QED) is 0.504. The van der Waals surface area contributed by atoms with Crippen molar-refractivity contribution in [3.63, 3.8) is 0 Å². The van der Waals surface area contributed by atoms with E-state index in [2.05, 4.69) is 29.6 Å². The number of aromatic nitrogens is 2. The summed E-state index contributed by atoms with van der Waals surface area (Å²) in [6.45, 7) is 6.51. The average Bonchev–Trinajstić information content (AvgIpc) is 2.79. The maximum atomic E-state index is 10.7. The number of nitrogens with zero attached hydrogens (tertiary/aromatic N) is 2. The van der Waals surface area contributed by atoms with Crippen molar-refractivity contribution in [2.75, 3.05) is 6.54 Å². The maximum Gasteiger partial charge on any atom is 0.226 e. The van der Waals surface area contributed by atoms with Gasteiger partial charge in [-0.1, -0.05) is 25.7 Å². The number of H-pyrrole nitrogens is 1. The number of imidazole rings is 1. The Morgan fingerprint density at radius 1 is 1.45 bits per heavy atom. The largest absolute Gasteiger partial charge is 0.370 e. The first kappa shape index (κ1) is 14.7. The molecule has 7 heteroatoms. The zero-order chi connectivity index (χ0) is 14.8. The molecule has 1 aromatic carbocycles. The fourth-order valence-electron chi connectivity index (χ4n) is 1.98. The minimum Gasteiger partial charge on any atom is -0.370 e. The average molecular weight is 293 g/mol. The molecule has 0 aliphatic heterocycles. The van der Waals surface area contributed by atoms with Gasteiger partial charge in [-0.05, 0) is 17.7 Å². The first-order valence-corrected chi connectivity index (χ1v) is 10.1. The summed E-state index contributed by atoms with van der Waals surface area (Å²) in [5.41, 5.74) is 2.56. The molecule has 108 valence electrons. The van der Waals surface area contributed by atoms with Gasteiger partial charge in [0, 0.05) is 4.92 Å². The fraction of sp³-hybridized carbons (Fsp3) is 0.462. The Balaban J connectivity index is 2.06. The molecule has 1 unspecified atom stereocenters. The molecule has 2 rings (SSSR count). The van der Waals surface area contributed by atoms with Gasteiger partial charge < -0.3 is 9.72 Å². The van der Waals surface area contributed by atoms with Gasteiger partial charge >= 0.3 is 0 Å². The summed E-state index contributed by atoms with van der Waals surface area (Å²) < 4.78 is 5.81. The summed E-state index contributed by atoms with van der Waals surface area (Å²) >= 11 is 0. The van der Waals surface area contributed by atoms with Gasteiger partial charge in [-0.2, -0.15) is 0 Å². The summed E-state index contributed by atoms with van der Waals surface area (Å²) in [6.07, 6.45) is 1.65. The molecule has 0 radical (unpaired) electrons. The normalized spacial score (nSPS) is 13.6. The molecular formula is C13H19N3O3Si. The van der Waals surface area contributed by atoms with Gasteiger partial charge in [-0.25, -0.2) is 4.98 Å². The van der Waals surface area contributed by atoms with Gasteiger partial charge in [-0.3, -0.25) is 10.1 Å². The van der Waals surface area contributed by atoms with E-state index >= 15 is 0 Å². The van der Waals surface area contributed by atoms with Crippen molar-refractivity contribution < 1.29 is 9.66 Å². The molecule has 0 saturated heterocycles. The second kappa shape index (κ2) is 5.72. The summed E-state index contributed by atoms with van der Waals surface area (Å²) in [6, 6.07) is 5.83. The number of fused-ring (bicyclic) bond motifs is 1. The highest BCUT2D eigenvalue weighted by Crippen LogP contribution is 2.17. The lowest BCUT2D eigenvalue weighted by molar-refractivity contribution is -0.487. The van der Waals surface area contributed by atoms with Crippen molar-refractivity contribution in [1.82, 2.24) is 9.97 Å². The lowest BCUT2D eigenvalue weighted by Gasteiger charge is -2.25. The molecule has 0 spiro atoms. The SMILES string of the molecule is C[Si](C)(C)C(C[N+](=O)[O-])OCc1ccc2nc[nH]c2c1. The Morgan fingerprint density at radius 3 is 2.85 bits per heavy atom. The fourth-order valence-corrected chi connectivity index (χ4v) is 3.26. The number of nitrogens with one attached hydrogen (secondary N) is 1. The zero-order valence-corrected chi connectivity index (χ0v) is 12.9. The Morgan fingerprint density at radius 2 is 2.20 bits per heavy atom. The summed E-state index contributed by atoms with van der Waals surface area (Å²) in [5, 5.41) is 10.7. The summed E-state index contributed by atoms with van der Waals surface area (Å²) in [4.78, 5) is 17.7. The molecule has 0 bridgehead atoms. The zero-order valence-electron chi connectivity index (χ0n) is 11.9. The maximum absolute atomic E-state index is 10.7. The molecule has 0 aliphatic rings. The van der Waals surface area contributed by atoms with Gasteiger partial charge in [0.15, 0.2) is 0 Å². The molecule has 0 amide bonds. The van der Waals surface area contributed by atoms with Crippen molar-refractivity contribution in [3.05, 3.63) is 40.2 Å². The van der Waals surface area contributed by atoms with Crippen LogP contribution < -0.4 is 0 Å². The molecule has 0 aliphatic carbocycles. The lowest BCUT2D eigenvalue weighted by atomic mass is 10.2. The summed E-state index contributed by atoms with van der Waals surface area (Å²) in [5.74, 6) is 0. The first-order chi connectivity index (χ1) is 9.36. The predicted molar refractivity (Wildman–Crippen MR) is 79.9 cm³/mol. The van der Waals surface area contributed by atoms with Crippen LogP contribution in [-0.2, 0) is 11.3 Å². The first-order valence-electron chi connectivity index (χ1n) is 6.51. The van der Waals surface area contributed by atoms with Crippen molar-refractivity contribution in [2.24, 2.45) is 0 Å². The molecule has 0 saturated carbocycles. The van der Waals surface area contributed by atoms with Gasteiger partial charge in [0.1, 0.15) is 5.73 Å². The molecule has 6 nitrogen and oxygen atoms in total. The number of ether oxygens (including phenoxy) is 1. The van der Waals surface area contributed by atoms with Gasteiger partial charge in [0.05, 0.1) is 32.0 Å². The van der Waals surface area contributed by atoms with E-state index in [1.807, 2.05) is 18.2 Å². The number of rotatable bonds is 6. The second-order valence-electron chi connectivity index (χ2n) is 5.94. The van der Waals surface area contributed by atoms with E-state index < -0.39 is 8.07 Å². The van der Waals surface area contributed by atoms with E-state index in [0.29, 0.717) is 6.61 Å². The van der Waals surface area contributed by atoms with Crippen LogP contribution in [0, 0.1) is 10.1 Å². The molecular weight excluding hydrogens is 274 g/mol. The van der Waals surface area contributed by atoms with Crippen LogP contribution in [0.3, 0.4) is 0 Å². The third-order valence-electron chi connectivity index (χ3n) is 3.22. The number of benzene rings is 1. The summed E-state index contributed by atoms with van der Waals surface area (Å²) in [7, 11) is -1.73. The van der Waals surface area contributed by atoms with Gasteiger partial charge in [0.25, 0.3) is 0 Å². The Hall–Kier alpha value is -1.73. The van der Waals surface area contributed by atoms with Crippen molar-refractivity contribution in [1.29, 1.82) is 0 Å². The van der Waals surface area contributed by atoms with Gasteiger partial charge in [-0.15, -0.1) is 0 Å². The highest BCUT2D eigenvalue weighted by molar-refractivity contribution is 6.77. The monoisotopic (exact) mass is 293 g/mol. The smallest absolute Gasteiger partial charge is 0.226 e. The van der Waals surface area contributed by atoms with Crippen LogP contribution in [0.5, 0.6) is 0 Å². The van der Waals surface area contributed by atoms with Gasteiger partial charge in [0.2, 0.25) is 6.54 Å². The number of aromatic amines is 1. The van der Waals surface area contributed by atoms with E-state index in [-0.39, 0.29) is 17.2 Å². The lowest BCUT2D eigenvalue weighted by Crippen LogP contribution is -2.44. The van der Waals surface area contributed by atoms with Crippen molar-refractivity contribution >= 4 is 19.1 Å². The molecule has 1 aromatic heterocycles. The van der Waals surface area contributed by atoms with Crippen molar-refractivity contribution in [3.8, 4) is 0 Å². The van der Waals surface area contributed by atoms with Crippen LogP contribution in [0.15, 0.2) is 24.5 Å². The van der Waals surface area contributed by atoms with Crippen LogP contribution in [0.25, 0.3) is 11.0 Å². The number of hydrogen-bond donors (Lipinski definition) is 1. The molecule has 1 heterocycles. The third kappa shape index (κ3) is 3.64. The minimum absolute atomic E-state index is 0.123. The standard InChI is InChI=1S/C13H19N3O3Si/c1-20(2,3)13(7-16(17)18)19-8-10-4-5-11-12(6-10)15-9-14-11/h4-6,9,13H,7-8H2,1-3H3,(H,14,15). The van der Waals surface area contributed by atoms with E-state index in [1.54, 1.807) is 6.33 Å². The molecule has 1 atom stereocenters. The van der Waals surface area contributed by atoms with Crippen LogP contribution in [0.4, 0.5) is 0 Å². The van der Waals surface area contributed by atoms with Crippen LogP contribution in [0.1, 0.15) is 5.56 Å². The van der Waals surface area contributed by atoms with E-state index in [1.165, 1.54) is 0 Å². The number of nitro groups is 1. The molecule has 1 N–H and O–H groups in total. The second-order valence-corrected chi connectivity index (χ2v) is 11.3. The van der Waals surface area contributed by atoms with E-state index in [9.17, 15) is 10.1 Å². The highest BCUT2D eigenvalue weighted by atomic mass is 28.3. The molecule has 20 heavy (non-hydrogen) atoms. The topological polar surface area (TPSA) is 81.1 Å². The molecule has 2 aromatic rings. The Labute approximate surface area is 118 Å². The van der Waals surface area contributed by atoms with Crippen LogP contribution in [0.2, 0.25) is 19.6 Å². The highest BCUT2D eigenvalue weighted by Gasteiger charge is 2.32. The third-order valence-corrected chi connectivity index (χ3v) is 5.50. The molecule has 0 fully saturated rings. The number of hydrogen-bond acceptors (Lipinski definition) is 4. The Kier molecular flexibility index (Phi) is 4.19. The minimum atomic E-state index is -1.73. The van der Waals surface area contributed by atoms with E-state index in [4.69, 9.17) is 4.74 Å². The van der Waals surface area contributed by atoms with Crippen LogP contribution >= 0.6 is 0 Å².